The number of hydrogen-bond acceptors (Lipinski definition) is 7. The normalized spacial score (nSPS) is 18.3. The van der Waals surface area contributed by atoms with E-state index in [4.69, 9.17) is 9.47 Å². The van der Waals surface area contributed by atoms with E-state index in [0.29, 0.717) is 61.4 Å². The molecule has 0 unspecified atom stereocenters. The molecule has 0 aliphatic carbocycles. The van der Waals surface area contributed by atoms with E-state index in [2.05, 4.69) is 16.0 Å². The highest BCUT2D eigenvalue weighted by Gasteiger charge is 2.38. The van der Waals surface area contributed by atoms with Crippen molar-refractivity contribution in [3.05, 3.63) is 54.1 Å². The number of benzene rings is 2. The summed E-state index contributed by atoms with van der Waals surface area (Å²) < 4.78 is 10.9. The van der Waals surface area contributed by atoms with E-state index < -0.39 is 35.5 Å². The Morgan fingerprint density at radius 3 is 1.33 bits per heavy atom. The van der Waals surface area contributed by atoms with Gasteiger partial charge in [0.15, 0.2) is 0 Å². The largest absolute Gasteiger partial charge is 0.444 e. The molecule has 2 heterocycles. The van der Waals surface area contributed by atoms with Crippen LogP contribution in [0.4, 0.5) is 26.7 Å². The quantitative estimate of drug-likeness (QED) is 0.380. The molecule has 2 atom stereocenters. The van der Waals surface area contributed by atoms with E-state index >= 15 is 0 Å². The van der Waals surface area contributed by atoms with E-state index in [1.54, 1.807) is 90.1 Å². The number of carbonyl (C=O) groups is 5. The Kier molecular flexibility index (Phi) is 10.0. The molecule has 2 aliphatic heterocycles. The van der Waals surface area contributed by atoms with Gasteiger partial charge in [0.2, 0.25) is 11.8 Å². The summed E-state index contributed by atoms with van der Waals surface area (Å²) in [5.41, 5.74) is 0.625. The molecule has 12 nitrogen and oxygen atoms in total. The van der Waals surface area contributed by atoms with Crippen molar-refractivity contribution in [1.82, 2.24) is 9.80 Å². The van der Waals surface area contributed by atoms with Gasteiger partial charge in [-0.1, -0.05) is 0 Å². The third-order valence-corrected chi connectivity index (χ3v) is 7.19. The molecule has 242 valence electrons. The molecule has 0 bridgehead atoms. The molecule has 2 saturated heterocycles. The predicted molar refractivity (Wildman–Crippen MR) is 170 cm³/mol. The minimum absolute atomic E-state index is 0.298. The number of anilines is 3. The van der Waals surface area contributed by atoms with Crippen molar-refractivity contribution in [3.63, 3.8) is 0 Å². The fraction of sp³-hybridized carbons (Fsp3) is 0.485. The Morgan fingerprint density at radius 2 is 0.956 bits per heavy atom. The van der Waals surface area contributed by atoms with Gasteiger partial charge in [0, 0.05) is 35.7 Å². The Balaban J connectivity index is 1.28. The summed E-state index contributed by atoms with van der Waals surface area (Å²) in [4.78, 5) is 66.7. The second kappa shape index (κ2) is 13.6. The molecule has 3 N–H and O–H groups in total. The van der Waals surface area contributed by atoms with Crippen LogP contribution >= 0.6 is 0 Å². The summed E-state index contributed by atoms with van der Waals surface area (Å²) in [5, 5.41) is 8.48. The average molecular weight is 622 g/mol. The lowest BCUT2D eigenvalue weighted by atomic mass is 10.1. The van der Waals surface area contributed by atoms with Gasteiger partial charge in [-0.05, 0) is 116 Å². The zero-order valence-corrected chi connectivity index (χ0v) is 26.8. The van der Waals surface area contributed by atoms with Crippen molar-refractivity contribution >= 4 is 47.0 Å². The molecule has 5 amide bonds. The highest BCUT2D eigenvalue weighted by atomic mass is 16.6. The van der Waals surface area contributed by atoms with Gasteiger partial charge in [0.25, 0.3) is 5.91 Å². The number of carbonyl (C=O) groups excluding carboxylic acids is 5. The van der Waals surface area contributed by atoms with Crippen LogP contribution in [-0.2, 0) is 19.1 Å². The van der Waals surface area contributed by atoms with Crippen LogP contribution in [0.15, 0.2) is 48.5 Å². The van der Waals surface area contributed by atoms with E-state index in [0.717, 1.165) is 0 Å². The summed E-state index contributed by atoms with van der Waals surface area (Å²) in [6.45, 7) is 11.6. The molecule has 2 fully saturated rings. The van der Waals surface area contributed by atoms with E-state index in [1.165, 1.54) is 9.80 Å². The molecule has 2 aromatic carbocycles. The van der Waals surface area contributed by atoms with Crippen LogP contribution in [0.5, 0.6) is 0 Å². The van der Waals surface area contributed by atoms with Crippen LogP contribution in [0.25, 0.3) is 0 Å². The standard InChI is InChI=1S/C33H43N5O7/c1-32(2,3)44-30(42)37-19-7-9-25(37)28(40)35-22-13-11-21(12-14-22)27(39)34-23-15-17-24(18-16-23)36-29(41)26-10-8-20-38(26)31(43)45-33(4,5)6/h11-18,25-26H,7-10,19-20H2,1-6H3,(H,34,39)(H,35,40)(H,36,41)/t25-,26-/m0/s1. The Labute approximate surface area is 263 Å². The third-order valence-electron chi connectivity index (χ3n) is 7.19. The second-order valence-corrected chi connectivity index (χ2v) is 13.3. The zero-order chi connectivity index (χ0) is 32.9. The molecule has 0 radical (unpaired) electrons. The highest BCUT2D eigenvalue weighted by Crippen LogP contribution is 2.24. The van der Waals surface area contributed by atoms with Crippen LogP contribution in [0.2, 0.25) is 0 Å². The van der Waals surface area contributed by atoms with Crippen molar-refractivity contribution in [3.8, 4) is 0 Å². The first-order valence-corrected chi connectivity index (χ1v) is 15.2. The van der Waals surface area contributed by atoms with Gasteiger partial charge in [0.05, 0.1) is 0 Å². The second-order valence-electron chi connectivity index (χ2n) is 13.3. The minimum Gasteiger partial charge on any atom is -0.444 e. The van der Waals surface area contributed by atoms with Gasteiger partial charge >= 0.3 is 12.2 Å². The smallest absolute Gasteiger partial charge is 0.410 e. The lowest BCUT2D eigenvalue weighted by molar-refractivity contribution is -0.121. The first-order valence-electron chi connectivity index (χ1n) is 15.2. The zero-order valence-electron chi connectivity index (χ0n) is 26.8. The molecule has 2 aliphatic rings. The Hall–Kier alpha value is -4.61. The van der Waals surface area contributed by atoms with E-state index in [-0.39, 0.29) is 17.7 Å². The van der Waals surface area contributed by atoms with Crippen molar-refractivity contribution in [2.75, 3.05) is 29.0 Å². The van der Waals surface area contributed by atoms with Gasteiger partial charge in [0.1, 0.15) is 23.3 Å². The minimum atomic E-state index is -0.656. The van der Waals surface area contributed by atoms with E-state index in [1.807, 2.05) is 0 Å². The van der Waals surface area contributed by atoms with Crippen LogP contribution in [0, 0.1) is 0 Å². The summed E-state index contributed by atoms with van der Waals surface area (Å²) in [6.07, 6.45) is 1.49. The number of ether oxygens (including phenoxy) is 2. The van der Waals surface area contributed by atoms with Crippen LogP contribution in [0.3, 0.4) is 0 Å². The maximum Gasteiger partial charge on any atom is 0.410 e. The van der Waals surface area contributed by atoms with Gasteiger partial charge in [-0.25, -0.2) is 9.59 Å². The van der Waals surface area contributed by atoms with Crippen LogP contribution < -0.4 is 16.0 Å². The van der Waals surface area contributed by atoms with Crippen molar-refractivity contribution in [1.29, 1.82) is 0 Å². The fourth-order valence-electron chi connectivity index (χ4n) is 5.15. The highest BCUT2D eigenvalue weighted by molar-refractivity contribution is 6.05. The van der Waals surface area contributed by atoms with Crippen LogP contribution in [0.1, 0.15) is 77.6 Å². The first-order chi connectivity index (χ1) is 21.1. The predicted octanol–water partition coefficient (Wildman–Crippen LogP) is 5.61. The fourth-order valence-corrected chi connectivity index (χ4v) is 5.15. The summed E-state index contributed by atoms with van der Waals surface area (Å²) >= 11 is 0. The number of hydrogen-bond donors (Lipinski definition) is 3. The molecule has 12 heteroatoms. The lowest BCUT2D eigenvalue weighted by Crippen LogP contribution is -2.45. The number of nitrogens with one attached hydrogen (secondary N) is 3. The summed E-state index contributed by atoms with van der Waals surface area (Å²) in [6, 6.07) is 11.9. The van der Waals surface area contributed by atoms with Gasteiger partial charge < -0.3 is 25.4 Å². The van der Waals surface area contributed by atoms with Crippen LogP contribution in [-0.4, -0.2) is 76.1 Å². The SMILES string of the molecule is CC(C)(C)OC(=O)N1CCC[C@H]1C(=O)Nc1ccc(NC(=O)c2ccc(NC(=O)[C@@H]3CCCN3C(=O)OC(C)(C)C)cc2)cc1. The monoisotopic (exact) mass is 621 g/mol. The molecule has 0 spiro atoms. The molecule has 4 rings (SSSR count). The number of rotatable bonds is 6. The topological polar surface area (TPSA) is 146 Å². The van der Waals surface area contributed by atoms with Crippen molar-refractivity contribution in [2.24, 2.45) is 0 Å². The van der Waals surface area contributed by atoms with E-state index in [9.17, 15) is 24.0 Å². The maximum absolute atomic E-state index is 12.9. The van der Waals surface area contributed by atoms with Gasteiger partial charge in [-0.3, -0.25) is 24.2 Å². The molecular formula is C33H43N5O7. The average Bonchev–Trinajstić information content (AvgIpc) is 3.63. The molecule has 2 aromatic rings. The van der Waals surface area contributed by atoms with Gasteiger partial charge in [-0.15, -0.1) is 0 Å². The molecule has 0 saturated carbocycles. The molecule has 0 aromatic heterocycles. The third kappa shape index (κ3) is 9.19. The Bertz CT molecular complexity index is 1410. The van der Waals surface area contributed by atoms with Crippen molar-refractivity contribution in [2.45, 2.75) is 90.5 Å². The lowest BCUT2D eigenvalue weighted by Gasteiger charge is -2.28. The summed E-state index contributed by atoms with van der Waals surface area (Å²) in [5.74, 6) is -0.962. The van der Waals surface area contributed by atoms with Crippen molar-refractivity contribution < 1.29 is 33.4 Å². The Morgan fingerprint density at radius 1 is 0.600 bits per heavy atom. The number of likely N-dealkylation sites (tertiary alicyclic amines) is 2. The number of nitrogens with zero attached hydrogens (tertiary/aromatic N) is 2. The van der Waals surface area contributed by atoms with Gasteiger partial charge in [-0.2, -0.15) is 0 Å². The number of amides is 5. The summed E-state index contributed by atoms with van der Waals surface area (Å²) in [7, 11) is 0. The molecule has 45 heavy (non-hydrogen) atoms. The first kappa shape index (κ1) is 33.3. The molecular weight excluding hydrogens is 578 g/mol. The maximum atomic E-state index is 12.9.